The molecule has 0 bridgehead atoms. The summed E-state index contributed by atoms with van der Waals surface area (Å²) >= 11 is 0. The highest BCUT2D eigenvalue weighted by Gasteiger charge is 2.34. The van der Waals surface area contributed by atoms with E-state index in [9.17, 15) is 18.3 Å². The molecule has 0 radical (unpaired) electrons. The summed E-state index contributed by atoms with van der Waals surface area (Å²) in [6.45, 7) is 3.56. The van der Waals surface area contributed by atoms with Gasteiger partial charge >= 0.3 is 5.97 Å². The minimum absolute atomic E-state index is 0.161. The third kappa shape index (κ3) is 4.43. The highest BCUT2D eigenvalue weighted by Crippen LogP contribution is 2.24. The first-order valence-corrected chi connectivity index (χ1v) is 8.18. The Labute approximate surface area is 115 Å². The summed E-state index contributed by atoms with van der Waals surface area (Å²) in [4.78, 5) is 11.3. The van der Waals surface area contributed by atoms with E-state index in [-0.39, 0.29) is 6.04 Å². The lowest BCUT2D eigenvalue weighted by Gasteiger charge is -2.27. The Morgan fingerprint density at radius 1 is 1.26 bits per heavy atom. The number of rotatable bonds is 5. The van der Waals surface area contributed by atoms with Crippen LogP contribution in [0.2, 0.25) is 0 Å². The maximum atomic E-state index is 12.1. The summed E-state index contributed by atoms with van der Waals surface area (Å²) in [6, 6.07) is -0.669. The lowest BCUT2D eigenvalue weighted by atomic mass is 9.96. The van der Waals surface area contributed by atoms with Gasteiger partial charge in [0.15, 0.2) is 0 Å². The summed E-state index contributed by atoms with van der Waals surface area (Å²) in [5.41, 5.74) is 0. The minimum Gasteiger partial charge on any atom is -0.481 e. The molecular weight excluding hydrogens is 268 g/mol. The fourth-order valence-corrected chi connectivity index (χ4v) is 3.68. The van der Waals surface area contributed by atoms with Gasteiger partial charge in [-0.3, -0.25) is 4.79 Å². The number of nitrogens with zero attached hydrogens (tertiary/aromatic N) is 1. The van der Waals surface area contributed by atoms with Gasteiger partial charge in [-0.2, -0.15) is 17.4 Å². The molecular formula is C12H24N2O4S. The molecule has 0 aliphatic heterocycles. The monoisotopic (exact) mass is 292 g/mol. The number of hydrogen-bond donors (Lipinski definition) is 2. The Bertz CT molecular complexity index is 408. The van der Waals surface area contributed by atoms with Crippen molar-refractivity contribution in [2.75, 3.05) is 7.05 Å². The van der Waals surface area contributed by atoms with Crippen LogP contribution in [0, 0.1) is 5.92 Å². The number of carboxylic acids is 1. The first kappa shape index (κ1) is 16.4. The molecule has 0 aromatic heterocycles. The Morgan fingerprint density at radius 2 is 1.84 bits per heavy atom. The maximum absolute atomic E-state index is 12.1. The number of carboxylic acid groups (broad SMARTS) is 1. The minimum atomic E-state index is -3.62. The molecule has 1 aliphatic carbocycles. The van der Waals surface area contributed by atoms with Crippen molar-refractivity contribution in [1.29, 1.82) is 0 Å². The molecule has 2 atom stereocenters. The zero-order valence-electron chi connectivity index (χ0n) is 11.8. The van der Waals surface area contributed by atoms with E-state index < -0.39 is 28.1 Å². The van der Waals surface area contributed by atoms with Crippen molar-refractivity contribution in [3.63, 3.8) is 0 Å². The molecule has 2 unspecified atom stereocenters. The molecule has 1 fully saturated rings. The van der Waals surface area contributed by atoms with Crippen molar-refractivity contribution in [2.24, 2.45) is 5.92 Å². The van der Waals surface area contributed by atoms with Crippen LogP contribution in [-0.4, -0.2) is 42.9 Å². The van der Waals surface area contributed by atoms with E-state index in [0.29, 0.717) is 12.8 Å². The Hall–Kier alpha value is -0.660. The van der Waals surface area contributed by atoms with E-state index in [1.54, 1.807) is 13.8 Å². The van der Waals surface area contributed by atoms with Gasteiger partial charge in [-0.05, 0) is 26.7 Å². The van der Waals surface area contributed by atoms with Crippen molar-refractivity contribution in [2.45, 2.75) is 58.0 Å². The molecule has 19 heavy (non-hydrogen) atoms. The second kappa shape index (κ2) is 6.67. The highest BCUT2D eigenvalue weighted by atomic mass is 32.2. The molecule has 0 aromatic rings. The van der Waals surface area contributed by atoms with Gasteiger partial charge in [-0.25, -0.2) is 0 Å². The average molecular weight is 292 g/mol. The summed E-state index contributed by atoms with van der Waals surface area (Å²) in [5.74, 6) is -1.54. The van der Waals surface area contributed by atoms with E-state index in [0.717, 1.165) is 19.3 Å². The van der Waals surface area contributed by atoms with Gasteiger partial charge in [-0.15, -0.1) is 0 Å². The second-order valence-electron chi connectivity index (χ2n) is 5.42. The standard InChI is InChI=1S/C12H24N2O4S/c1-9(2)14(3)19(17,18)13-11-8-6-4-5-7-10(11)12(15)16/h9-11,13H,4-8H2,1-3H3,(H,15,16). The molecule has 7 heteroatoms. The molecule has 1 aliphatic rings. The van der Waals surface area contributed by atoms with Gasteiger partial charge in [-0.1, -0.05) is 19.3 Å². The van der Waals surface area contributed by atoms with Crippen molar-refractivity contribution in [3.05, 3.63) is 0 Å². The fourth-order valence-electron chi connectivity index (χ4n) is 2.30. The van der Waals surface area contributed by atoms with Crippen molar-refractivity contribution in [1.82, 2.24) is 9.03 Å². The highest BCUT2D eigenvalue weighted by molar-refractivity contribution is 7.87. The lowest BCUT2D eigenvalue weighted by molar-refractivity contribution is -0.142. The third-order valence-corrected chi connectivity index (χ3v) is 5.52. The van der Waals surface area contributed by atoms with Crippen LogP contribution in [0.1, 0.15) is 46.0 Å². The first-order chi connectivity index (χ1) is 8.75. The second-order valence-corrected chi connectivity index (χ2v) is 7.18. The largest absolute Gasteiger partial charge is 0.481 e. The topological polar surface area (TPSA) is 86.7 Å². The van der Waals surface area contributed by atoms with Gasteiger partial charge in [0.25, 0.3) is 10.2 Å². The van der Waals surface area contributed by atoms with E-state index in [4.69, 9.17) is 0 Å². The summed E-state index contributed by atoms with van der Waals surface area (Å²) in [5, 5.41) is 9.23. The zero-order chi connectivity index (χ0) is 14.6. The average Bonchev–Trinajstić information content (AvgIpc) is 2.52. The first-order valence-electron chi connectivity index (χ1n) is 6.74. The number of nitrogens with one attached hydrogen (secondary N) is 1. The van der Waals surface area contributed by atoms with Crippen molar-refractivity contribution in [3.8, 4) is 0 Å². The molecule has 1 rings (SSSR count). The molecule has 0 heterocycles. The van der Waals surface area contributed by atoms with E-state index in [1.807, 2.05) is 0 Å². The van der Waals surface area contributed by atoms with Gasteiger partial charge in [0.2, 0.25) is 0 Å². The molecule has 0 spiro atoms. The van der Waals surface area contributed by atoms with Gasteiger partial charge in [0.1, 0.15) is 0 Å². The number of carbonyl (C=O) groups is 1. The maximum Gasteiger partial charge on any atom is 0.308 e. The predicted molar refractivity (Wildman–Crippen MR) is 73.0 cm³/mol. The number of hydrogen-bond acceptors (Lipinski definition) is 3. The van der Waals surface area contributed by atoms with Crippen molar-refractivity contribution < 1.29 is 18.3 Å². The van der Waals surface area contributed by atoms with Crippen LogP contribution >= 0.6 is 0 Å². The van der Waals surface area contributed by atoms with Gasteiger partial charge < -0.3 is 5.11 Å². The van der Waals surface area contributed by atoms with Crippen LogP contribution in [0.3, 0.4) is 0 Å². The Kier molecular flexibility index (Phi) is 5.76. The summed E-state index contributed by atoms with van der Waals surface area (Å²) in [7, 11) is -2.12. The van der Waals surface area contributed by atoms with Crippen LogP contribution in [0.15, 0.2) is 0 Å². The zero-order valence-corrected chi connectivity index (χ0v) is 12.6. The smallest absolute Gasteiger partial charge is 0.308 e. The van der Waals surface area contributed by atoms with Crippen LogP contribution in [-0.2, 0) is 15.0 Å². The molecule has 0 amide bonds. The quantitative estimate of drug-likeness (QED) is 0.745. The third-order valence-electron chi connectivity index (χ3n) is 3.74. The molecule has 1 saturated carbocycles. The summed E-state index contributed by atoms with van der Waals surface area (Å²) < 4.78 is 28.1. The molecule has 112 valence electrons. The fraction of sp³-hybridized carbons (Fsp3) is 0.917. The SMILES string of the molecule is CC(C)N(C)S(=O)(=O)NC1CCCCCC1C(=O)O. The van der Waals surface area contributed by atoms with E-state index in [1.165, 1.54) is 11.4 Å². The van der Waals surface area contributed by atoms with E-state index in [2.05, 4.69) is 4.72 Å². The normalized spacial score (nSPS) is 25.5. The summed E-state index contributed by atoms with van der Waals surface area (Å²) in [6.07, 6.45) is 3.79. The van der Waals surface area contributed by atoms with E-state index >= 15 is 0 Å². The molecule has 2 N–H and O–H groups in total. The van der Waals surface area contributed by atoms with Crippen molar-refractivity contribution >= 4 is 16.2 Å². The lowest BCUT2D eigenvalue weighted by Crippen LogP contribution is -2.49. The Balaban J connectivity index is 2.84. The molecule has 0 aromatic carbocycles. The molecule has 6 nitrogen and oxygen atoms in total. The van der Waals surface area contributed by atoms with Crippen LogP contribution < -0.4 is 4.72 Å². The predicted octanol–water partition coefficient (Wildman–Crippen LogP) is 1.19. The number of aliphatic carboxylic acids is 1. The van der Waals surface area contributed by atoms with Gasteiger partial charge in [0, 0.05) is 19.1 Å². The molecule has 0 saturated heterocycles. The Morgan fingerprint density at radius 3 is 2.37 bits per heavy atom. The van der Waals surface area contributed by atoms with Crippen LogP contribution in [0.4, 0.5) is 0 Å². The van der Waals surface area contributed by atoms with Gasteiger partial charge in [0.05, 0.1) is 5.92 Å². The van der Waals surface area contributed by atoms with Crippen LogP contribution in [0.5, 0.6) is 0 Å². The van der Waals surface area contributed by atoms with Crippen LogP contribution in [0.25, 0.3) is 0 Å².